The number of alkyl halides is 17. The molecule has 0 aromatic rings. The molecule has 0 saturated carbocycles. The van der Waals surface area contributed by atoms with Crippen LogP contribution in [0.3, 0.4) is 0 Å². The largest absolute Gasteiger partial charge is 0.451 e. The molecule has 6 atom stereocenters. The minimum atomic E-state index is -7.31. The minimum absolute atomic E-state index is 0.123. The Morgan fingerprint density at radius 3 is 1.14 bits per heavy atom. The lowest BCUT2D eigenvalue weighted by Crippen LogP contribution is -2.70. The summed E-state index contributed by atoms with van der Waals surface area (Å²) in [5, 5.41) is 0. The number of epoxide rings is 3. The van der Waals surface area contributed by atoms with Crippen molar-refractivity contribution in [1.82, 2.24) is 0 Å². The molecule has 26 heteroatoms. The van der Waals surface area contributed by atoms with E-state index >= 15 is 26.3 Å². The predicted octanol–water partition coefficient (Wildman–Crippen LogP) is 5.45. The number of hydrogen-bond acceptors (Lipinski definition) is 9. The van der Waals surface area contributed by atoms with E-state index in [1.807, 2.05) is 0 Å². The first-order valence-corrected chi connectivity index (χ1v) is 13.4. The summed E-state index contributed by atoms with van der Waals surface area (Å²) in [5.74, 6) is -12.2. The van der Waals surface area contributed by atoms with Crippen LogP contribution in [0.2, 0.25) is 0 Å². The first-order valence-electron chi connectivity index (χ1n) is 13.4. The van der Waals surface area contributed by atoms with E-state index in [9.17, 15) is 48.3 Å². The van der Waals surface area contributed by atoms with E-state index in [0.29, 0.717) is 0 Å². The standard InChI is InChI=1S/C23H25F17O9/c1-15(21(35,36)47-14(18(26,27)28)8-41-2-11-5-44-11,22(37,38)48-16(24,19(29,30)31)9-42-3-12-6-45-12)23(39,40)49-17(25,20(32,33)34)10-43-4-13-7-46-13/h11-14H,2-10H2,1H3. The Kier molecular flexibility index (Phi) is 12.1. The van der Waals surface area contributed by atoms with Gasteiger partial charge >= 0.3 is 48.6 Å². The topological polar surface area (TPSA) is 93.0 Å². The van der Waals surface area contributed by atoms with E-state index in [2.05, 4.69) is 42.6 Å². The highest BCUT2D eigenvalue weighted by Crippen LogP contribution is 2.62. The molecule has 3 fully saturated rings. The molecule has 0 bridgehead atoms. The van der Waals surface area contributed by atoms with Crippen molar-refractivity contribution in [1.29, 1.82) is 0 Å². The van der Waals surface area contributed by atoms with Crippen molar-refractivity contribution < 1.29 is 117 Å². The van der Waals surface area contributed by atoms with Gasteiger partial charge in [0.2, 0.25) is 5.41 Å². The van der Waals surface area contributed by atoms with Gasteiger partial charge in [0.1, 0.15) is 31.5 Å². The highest BCUT2D eigenvalue weighted by molar-refractivity contribution is 5.01. The minimum Gasteiger partial charge on any atom is -0.376 e. The van der Waals surface area contributed by atoms with E-state index in [0.717, 1.165) is 0 Å². The molecule has 0 aromatic carbocycles. The second kappa shape index (κ2) is 14.1. The molecule has 0 amide bonds. The Morgan fingerprint density at radius 2 is 0.857 bits per heavy atom. The van der Waals surface area contributed by atoms with E-state index in [4.69, 9.17) is 0 Å². The van der Waals surface area contributed by atoms with Gasteiger partial charge in [0.15, 0.2) is 6.10 Å². The second-order valence-electron chi connectivity index (χ2n) is 10.9. The van der Waals surface area contributed by atoms with Gasteiger partial charge in [-0.3, -0.25) is 9.47 Å². The molecule has 0 spiro atoms. The Morgan fingerprint density at radius 1 is 0.531 bits per heavy atom. The maximum atomic E-state index is 15.5. The fourth-order valence-corrected chi connectivity index (χ4v) is 3.39. The van der Waals surface area contributed by atoms with Crippen LogP contribution < -0.4 is 0 Å². The van der Waals surface area contributed by atoms with Gasteiger partial charge < -0.3 is 33.2 Å². The smallest absolute Gasteiger partial charge is 0.376 e. The Balaban J connectivity index is 2.08. The predicted molar refractivity (Wildman–Crippen MR) is 118 cm³/mol. The van der Waals surface area contributed by atoms with Crippen LogP contribution >= 0.6 is 0 Å². The Hall–Kier alpha value is -1.55. The highest BCUT2D eigenvalue weighted by Gasteiger charge is 2.85. The third kappa shape index (κ3) is 10.1. The average molecular weight is 768 g/mol. The van der Waals surface area contributed by atoms with Gasteiger partial charge in [-0.25, -0.2) is 0 Å². The van der Waals surface area contributed by atoms with Crippen LogP contribution in [-0.4, -0.2) is 132 Å². The number of hydrogen-bond donors (Lipinski definition) is 0. The van der Waals surface area contributed by atoms with E-state index < -0.39 is 125 Å². The van der Waals surface area contributed by atoms with Crippen molar-refractivity contribution in [3.8, 4) is 0 Å². The van der Waals surface area contributed by atoms with Crippen molar-refractivity contribution >= 4 is 0 Å². The van der Waals surface area contributed by atoms with Crippen LogP contribution in [0.4, 0.5) is 74.6 Å². The van der Waals surface area contributed by atoms with E-state index in [-0.39, 0.29) is 19.8 Å². The molecular formula is C23H25F17O9. The van der Waals surface area contributed by atoms with Crippen LogP contribution in [0.5, 0.6) is 0 Å². The van der Waals surface area contributed by atoms with E-state index in [1.165, 1.54) is 0 Å². The Labute approximate surface area is 263 Å². The molecule has 3 aliphatic heterocycles. The van der Waals surface area contributed by atoms with E-state index in [1.54, 1.807) is 0 Å². The molecule has 3 rings (SSSR count). The molecule has 290 valence electrons. The number of ether oxygens (including phenoxy) is 9. The SMILES string of the molecule is CC(C(F)(F)OC(COCC1CO1)C(F)(F)F)(C(F)(F)OC(F)(COCC1CO1)C(F)(F)F)C(F)(F)OC(F)(COCC1CO1)C(F)(F)F. The van der Waals surface area contributed by atoms with Gasteiger partial charge in [0.05, 0.1) is 46.2 Å². The van der Waals surface area contributed by atoms with Crippen LogP contribution in [-0.2, 0) is 42.6 Å². The lowest BCUT2D eigenvalue weighted by Gasteiger charge is -2.48. The zero-order valence-electron chi connectivity index (χ0n) is 24.3. The summed E-state index contributed by atoms with van der Waals surface area (Å²) in [7, 11) is 0. The molecule has 9 nitrogen and oxygen atoms in total. The number of rotatable bonds is 21. The molecule has 0 N–H and O–H groups in total. The maximum absolute atomic E-state index is 15.5. The van der Waals surface area contributed by atoms with Crippen molar-refractivity contribution in [3.63, 3.8) is 0 Å². The highest BCUT2D eigenvalue weighted by atomic mass is 19.4. The van der Waals surface area contributed by atoms with Crippen LogP contribution in [0.25, 0.3) is 0 Å². The third-order valence-electron chi connectivity index (χ3n) is 6.79. The van der Waals surface area contributed by atoms with Gasteiger partial charge in [-0.2, -0.15) is 74.6 Å². The maximum Gasteiger partial charge on any atom is 0.451 e. The fraction of sp³-hybridized carbons (Fsp3) is 1.00. The van der Waals surface area contributed by atoms with Gasteiger partial charge in [-0.05, 0) is 6.92 Å². The zero-order valence-corrected chi connectivity index (χ0v) is 24.3. The average Bonchev–Trinajstić information content (AvgIpc) is 3.73. The van der Waals surface area contributed by atoms with Gasteiger partial charge in [-0.1, -0.05) is 0 Å². The summed E-state index contributed by atoms with van der Waals surface area (Å²) in [6.45, 7) is -12.5. The summed E-state index contributed by atoms with van der Waals surface area (Å²) in [6, 6.07) is 0. The van der Waals surface area contributed by atoms with Gasteiger partial charge in [-0.15, -0.1) is 0 Å². The summed E-state index contributed by atoms with van der Waals surface area (Å²) < 4.78 is 280. The first-order chi connectivity index (χ1) is 22.0. The van der Waals surface area contributed by atoms with Crippen molar-refractivity contribution in [2.75, 3.05) is 59.5 Å². The van der Waals surface area contributed by atoms with Gasteiger partial charge in [0, 0.05) is 0 Å². The molecule has 3 saturated heterocycles. The third-order valence-corrected chi connectivity index (χ3v) is 6.79. The van der Waals surface area contributed by atoms with Crippen LogP contribution in [0.1, 0.15) is 6.92 Å². The molecule has 0 radical (unpaired) electrons. The summed E-state index contributed by atoms with van der Waals surface area (Å²) in [4.78, 5) is 0. The van der Waals surface area contributed by atoms with Crippen molar-refractivity contribution in [3.05, 3.63) is 0 Å². The summed E-state index contributed by atoms with van der Waals surface area (Å²) >= 11 is 0. The monoisotopic (exact) mass is 768 g/mol. The molecule has 3 aliphatic rings. The lowest BCUT2D eigenvalue weighted by atomic mass is 9.84. The van der Waals surface area contributed by atoms with Crippen LogP contribution in [0.15, 0.2) is 0 Å². The molecule has 6 unspecified atom stereocenters. The molecule has 49 heavy (non-hydrogen) atoms. The fourth-order valence-electron chi connectivity index (χ4n) is 3.39. The van der Waals surface area contributed by atoms with Crippen molar-refractivity contribution in [2.45, 2.75) is 79.9 Å². The first kappa shape index (κ1) is 41.9. The molecular weight excluding hydrogens is 743 g/mol. The summed E-state index contributed by atoms with van der Waals surface area (Å²) in [5.41, 5.74) is -6.75. The Bertz CT molecular complexity index is 1040. The van der Waals surface area contributed by atoms with Gasteiger partial charge in [0.25, 0.3) is 0 Å². The lowest BCUT2D eigenvalue weighted by molar-refractivity contribution is -0.548. The summed E-state index contributed by atoms with van der Waals surface area (Å²) in [6.07, 6.45) is -48.8. The molecule has 0 aromatic heterocycles. The van der Waals surface area contributed by atoms with Crippen molar-refractivity contribution in [2.24, 2.45) is 5.41 Å². The quantitative estimate of drug-likeness (QED) is 0.112. The number of halogens is 17. The zero-order chi connectivity index (χ0) is 37.5. The van der Waals surface area contributed by atoms with Crippen LogP contribution in [0, 0.1) is 5.41 Å². The molecule has 0 aliphatic carbocycles. The second-order valence-corrected chi connectivity index (χ2v) is 10.9. The normalized spacial score (nSPS) is 26.4. The molecule has 3 heterocycles.